The molecule has 0 bridgehead atoms. The highest BCUT2D eigenvalue weighted by Crippen LogP contribution is 2.07. The lowest BCUT2D eigenvalue weighted by Crippen LogP contribution is -2.30. The Kier molecular flexibility index (Phi) is 6.77. The predicted octanol–water partition coefficient (Wildman–Crippen LogP) is 0.913. The van der Waals surface area contributed by atoms with Crippen LogP contribution in [0, 0.1) is 6.92 Å². The van der Waals surface area contributed by atoms with Gasteiger partial charge in [-0.2, -0.15) is 0 Å². The van der Waals surface area contributed by atoms with Gasteiger partial charge in [0.15, 0.2) is 0 Å². The first-order chi connectivity index (χ1) is 8.53. The molecular formula is C11H21N3O2S2. The van der Waals surface area contributed by atoms with E-state index in [1.54, 1.807) is 11.3 Å². The summed E-state index contributed by atoms with van der Waals surface area (Å²) in [6.07, 6.45) is 1.29. The van der Waals surface area contributed by atoms with Gasteiger partial charge in [-0.05, 0) is 26.4 Å². The average Bonchev–Trinajstić information content (AvgIpc) is 2.70. The fourth-order valence-electron chi connectivity index (χ4n) is 1.49. The Morgan fingerprint density at radius 3 is 2.78 bits per heavy atom. The van der Waals surface area contributed by atoms with Crippen LogP contribution in [0.2, 0.25) is 0 Å². The molecule has 1 heterocycles. The molecule has 104 valence electrons. The van der Waals surface area contributed by atoms with Crippen molar-refractivity contribution in [2.24, 2.45) is 0 Å². The molecule has 0 radical (unpaired) electrons. The van der Waals surface area contributed by atoms with Crippen molar-refractivity contribution in [1.29, 1.82) is 0 Å². The Bertz CT molecular complexity index is 443. The van der Waals surface area contributed by atoms with Crippen LogP contribution in [-0.2, 0) is 16.4 Å². The van der Waals surface area contributed by atoms with E-state index >= 15 is 0 Å². The second-order valence-electron chi connectivity index (χ2n) is 4.03. The maximum Gasteiger partial charge on any atom is 0.211 e. The van der Waals surface area contributed by atoms with Crippen molar-refractivity contribution in [1.82, 2.24) is 15.0 Å². The number of rotatable bonds is 9. The number of sulfonamides is 1. The van der Waals surface area contributed by atoms with E-state index in [1.165, 1.54) is 0 Å². The van der Waals surface area contributed by atoms with Crippen LogP contribution in [0.5, 0.6) is 0 Å². The quantitative estimate of drug-likeness (QED) is 0.664. The molecule has 0 saturated heterocycles. The molecule has 0 spiro atoms. The van der Waals surface area contributed by atoms with Crippen molar-refractivity contribution in [2.45, 2.75) is 26.7 Å². The van der Waals surface area contributed by atoms with Crippen LogP contribution in [0.3, 0.4) is 0 Å². The highest BCUT2D eigenvalue weighted by Gasteiger charge is 2.09. The lowest BCUT2D eigenvalue weighted by Gasteiger charge is -2.06. The summed E-state index contributed by atoms with van der Waals surface area (Å²) in [4.78, 5) is 4.29. The zero-order valence-corrected chi connectivity index (χ0v) is 12.5. The summed E-state index contributed by atoms with van der Waals surface area (Å²) in [6, 6.07) is 0. The maximum absolute atomic E-state index is 11.6. The fourth-order valence-corrected chi connectivity index (χ4v) is 3.22. The van der Waals surface area contributed by atoms with Crippen LogP contribution in [0.1, 0.15) is 24.0 Å². The minimum absolute atomic E-state index is 0.177. The topological polar surface area (TPSA) is 71.1 Å². The largest absolute Gasteiger partial charge is 0.317 e. The van der Waals surface area contributed by atoms with E-state index in [9.17, 15) is 8.42 Å². The fraction of sp³-hybridized carbons (Fsp3) is 0.727. The summed E-state index contributed by atoms with van der Waals surface area (Å²) in [5.74, 6) is 0.177. The van der Waals surface area contributed by atoms with Crippen LogP contribution in [0.25, 0.3) is 0 Å². The number of thiazole rings is 1. The number of aromatic nitrogens is 1. The van der Waals surface area contributed by atoms with Gasteiger partial charge in [0.2, 0.25) is 10.0 Å². The molecule has 18 heavy (non-hydrogen) atoms. The van der Waals surface area contributed by atoms with E-state index in [2.05, 4.69) is 15.0 Å². The van der Waals surface area contributed by atoms with E-state index in [-0.39, 0.29) is 5.75 Å². The molecule has 0 atom stereocenters. The van der Waals surface area contributed by atoms with Gasteiger partial charge in [-0.25, -0.2) is 18.1 Å². The number of aryl methyl sites for hydroxylation is 1. The number of hydrogen-bond acceptors (Lipinski definition) is 5. The predicted molar refractivity (Wildman–Crippen MR) is 75.5 cm³/mol. The molecule has 0 unspecified atom stereocenters. The minimum atomic E-state index is -3.14. The van der Waals surface area contributed by atoms with E-state index < -0.39 is 10.0 Å². The van der Waals surface area contributed by atoms with E-state index in [0.717, 1.165) is 23.8 Å². The van der Waals surface area contributed by atoms with Gasteiger partial charge in [0.25, 0.3) is 0 Å². The van der Waals surface area contributed by atoms with Crippen molar-refractivity contribution in [3.05, 3.63) is 16.1 Å². The van der Waals surface area contributed by atoms with Crippen molar-refractivity contribution in [3.63, 3.8) is 0 Å². The lowest BCUT2D eigenvalue weighted by molar-refractivity contribution is 0.575. The zero-order valence-electron chi connectivity index (χ0n) is 10.9. The summed E-state index contributed by atoms with van der Waals surface area (Å²) >= 11 is 1.59. The van der Waals surface area contributed by atoms with Gasteiger partial charge in [0.05, 0.1) is 16.5 Å². The molecule has 1 aromatic heterocycles. The highest BCUT2D eigenvalue weighted by atomic mass is 32.2. The van der Waals surface area contributed by atoms with Gasteiger partial charge < -0.3 is 5.32 Å². The third-order valence-electron chi connectivity index (χ3n) is 2.39. The molecule has 0 aliphatic heterocycles. The Hall–Kier alpha value is -0.500. The molecule has 1 aromatic rings. The van der Waals surface area contributed by atoms with Crippen molar-refractivity contribution < 1.29 is 8.42 Å². The van der Waals surface area contributed by atoms with Crippen molar-refractivity contribution in [3.8, 4) is 0 Å². The normalized spacial score (nSPS) is 11.9. The first-order valence-electron chi connectivity index (χ1n) is 6.12. The summed E-state index contributed by atoms with van der Waals surface area (Å²) in [7, 11) is -3.14. The monoisotopic (exact) mass is 291 g/mol. The standard InChI is InChI=1S/C11H21N3O2S2/c1-3-12-6-4-8-18(15,16)13-7-5-11-9-17-10(2)14-11/h9,12-13H,3-8H2,1-2H3. The average molecular weight is 291 g/mol. The number of nitrogens with one attached hydrogen (secondary N) is 2. The Morgan fingerprint density at radius 2 is 2.17 bits per heavy atom. The highest BCUT2D eigenvalue weighted by molar-refractivity contribution is 7.89. The SMILES string of the molecule is CCNCCCS(=O)(=O)NCCc1csc(C)n1. The summed E-state index contributed by atoms with van der Waals surface area (Å²) < 4.78 is 25.9. The Morgan fingerprint density at radius 1 is 1.39 bits per heavy atom. The smallest absolute Gasteiger partial charge is 0.211 e. The molecule has 0 aliphatic carbocycles. The molecule has 0 fully saturated rings. The van der Waals surface area contributed by atoms with Gasteiger partial charge in [0.1, 0.15) is 0 Å². The second-order valence-corrected chi connectivity index (χ2v) is 7.02. The Labute approximate surface area is 113 Å². The molecule has 0 saturated carbocycles. The molecule has 5 nitrogen and oxygen atoms in total. The van der Waals surface area contributed by atoms with Crippen LogP contribution in [-0.4, -0.2) is 38.8 Å². The van der Waals surface area contributed by atoms with E-state index in [4.69, 9.17) is 0 Å². The Balaban J connectivity index is 2.20. The van der Waals surface area contributed by atoms with E-state index in [0.29, 0.717) is 19.4 Å². The summed E-state index contributed by atoms with van der Waals surface area (Å²) in [5, 5.41) is 6.08. The second kappa shape index (κ2) is 7.83. The third kappa shape index (κ3) is 6.44. The molecule has 0 aliphatic rings. The van der Waals surface area contributed by atoms with Gasteiger partial charge in [-0.3, -0.25) is 0 Å². The van der Waals surface area contributed by atoms with Crippen LogP contribution in [0.4, 0.5) is 0 Å². The van der Waals surface area contributed by atoms with Crippen molar-refractivity contribution in [2.75, 3.05) is 25.4 Å². The summed E-state index contributed by atoms with van der Waals surface area (Å²) in [6.45, 7) is 5.98. The number of hydrogen-bond donors (Lipinski definition) is 2. The van der Waals surface area contributed by atoms with Crippen LogP contribution in [0.15, 0.2) is 5.38 Å². The van der Waals surface area contributed by atoms with Gasteiger partial charge in [-0.1, -0.05) is 6.92 Å². The first kappa shape index (κ1) is 15.6. The molecule has 0 aromatic carbocycles. The van der Waals surface area contributed by atoms with Crippen LogP contribution >= 0.6 is 11.3 Å². The molecular weight excluding hydrogens is 270 g/mol. The van der Waals surface area contributed by atoms with Gasteiger partial charge in [-0.15, -0.1) is 11.3 Å². The molecule has 2 N–H and O–H groups in total. The molecule has 0 amide bonds. The summed E-state index contributed by atoms with van der Waals surface area (Å²) in [5.41, 5.74) is 0.952. The van der Waals surface area contributed by atoms with E-state index in [1.807, 2.05) is 19.2 Å². The maximum atomic E-state index is 11.6. The molecule has 1 rings (SSSR count). The first-order valence-corrected chi connectivity index (χ1v) is 8.66. The lowest BCUT2D eigenvalue weighted by atomic mass is 10.3. The molecule has 7 heteroatoms. The minimum Gasteiger partial charge on any atom is -0.317 e. The zero-order chi connectivity index (χ0) is 13.4. The number of nitrogens with zero attached hydrogens (tertiary/aromatic N) is 1. The van der Waals surface area contributed by atoms with Crippen LogP contribution < -0.4 is 10.0 Å². The van der Waals surface area contributed by atoms with Gasteiger partial charge in [0, 0.05) is 18.3 Å². The van der Waals surface area contributed by atoms with Gasteiger partial charge >= 0.3 is 0 Å². The third-order valence-corrected chi connectivity index (χ3v) is 4.68. The van der Waals surface area contributed by atoms with Crippen molar-refractivity contribution >= 4 is 21.4 Å².